The highest BCUT2D eigenvalue weighted by molar-refractivity contribution is 5.96. The van der Waals surface area contributed by atoms with E-state index in [0.717, 1.165) is 22.7 Å². The van der Waals surface area contributed by atoms with Gasteiger partial charge in [0.15, 0.2) is 0 Å². The number of carbonyl (C=O) groups is 1. The van der Waals surface area contributed by atoms with Gasteiger partial charge in [-0.15, -0.1) is 0 Å². The summed E-state index contributed by atoms with van der Waals surface area (Å²) in [4.78, 5) is 12.2. The monoisotopic (exact) mass is 284 g/mol. The lowest BCUT2D eigenvalue weighted by atomic mass is 10.2. The van der Waals surface area contributed by atoms with Gasteiger partial charge in [-0.05, 0) is 43.7 Å². The normalized spacial score (nSPS) is 11.6. The lowest BCUT2D eigenvalue weighted by Gasteiger charge is -2.16. The van der Waals surface area contributed by atoms with Gasteiger partial charge in [0.2, 0.25) is 5.91 Å². The van der Waals surface area contributed by atoms with Crippen LogP contribution in [0, 0.1) is 6.92 Å². The highest BCUT2D eigenvalue weighted by atomic mass is 16.5. The topological polar surface area (TPSA) is 50.4 Å². The van der Waals surface area contributed by atoms with Crippen LogP contribution in [0.5, 0.6) is 5.75 Å². The quantitative estimate of drug-likeness (QED) is 0.884. The van der Waals surface area contributed by atoms with Gasteiger partial charge < -0.3 is 15.4 Å². The molecule has 0 aromatic heterocycles. The summed E-state index contributed by atoms with van der Waals surface area (Å²) in [6, 6.07) is 14.9. The number of ether oxygens (including phenoxy) is 1. The van der Waals surface area contributed by atoms with Gasteiger partial charge in [0.1, 0.15) is 11.8 Å². The third-order valence-electron chi connectivity index (χ3n) is 3.13. The van der Waals surface area contributed by atoms with E-state index in [1.807, 2.05) is 62.4 Å². The van der Waals surface area contributed by atoms with Crippen LogP contribution in [-0.2, 0) is 4.79 Å². The molecule has 2 aromatic rings. The molecule has 0 fully saturated rings. The van der Waals surface area contributed by atoms with Crippen molar-refractivity contribution in [3.63, 3.8) is 0 Å². The molecule has 1 atom stereocenters. The average Bonchev–Trinajstić information content (AvgIpc) is 2.47. The van der Waals surface area contributed by atoms with Crippen molar-refractivity contribution >= 4 is 17.3 Å². The fraction of sp³-hybridized carbons (Fsp3) is 0.235. The third kappa shape index (κ3) is 4.24. The number of methoxy groups -OCH3 is 1. The van der Waals surface area contributed by atoms with Crippen LogP contribution >= 0.6 is 0 Å². The molecule has 110 valence electrons. The van der Waals surface area contributed by atoms with E-state index >= 15 is 0 Å². The highest BCUT2D eigenvalue weighted by Crippen LogP contribution is 2.18. The van der Waals surface area contributed by atoms with E-state index in [0.29, 0.717) is 0 Å². The summed E-state index contributed by atoms with van der Waals surface area (Å²) in [5, 5.41) is 6.06. The van der Waals surface area contributed by atoms with Crippen LogP contribution in [0.4, 0.5) is 11.4 Å². The predicted octanol–water partition coefficient (Wildman–Crippen LogP) is 3.44. The van der Waals surface area contributed by atoms with Crippen molar-refractivity contribution in [1.29, 1.82) is 0 Å². The van der Waals surface area contributed by atoms with Gasteiger partial charge in [-0.1, -0.05) is 18.2 Å². The van der Waals surface area contributed by atoms with Gasteiger partial charge in [-0.3, -0.25) is 4.79 Å². The molecule has 0 saturated carbocycles. The van der Waals surface area contributed by atoms with Gasteiger partial charge in [-0.2, -0.15) is 0 Å². The predicted molar refractivity (Wildman–Crippen MR) is 85.9 cm³/mol. The molecule has 0 aliphatic rings. The van der Waals surface area contributed by atoms with E-state index in [1.165, 1.54) is 0 Å². The van der Waals surface area contributed by atoms with Crippen molar-refractivity contribution < 1.29 is 9.53 Å². The first kappa shape index (κ1) is 14.9. The molecule has 0 bridgehead atoms. The Morgan fingerprint density at radius 3 is 2.52 bits per heavy atom. The summed E-state index contributed by atoms with van der Waals surface area (Å²) in [5.74, 6) is 0.676. The Morgan fingerprint density at radius 2 is 1.81 bits per heavy atom. The van der Waals surface area contributed by atoms with Gasteiger partial charge in [-0.25, -0.2) is 0 Å². The fourth-order valence-corrected chi connectivity index (χ4v) is 2.00. The van der Waals surface area contributed by atoms with Crippen LogP contribution in [0.3, 0.4) is 0 Å². The minimum Gasteiger partial charge on any atom is -0.497 e. The SMILES string of the molecule is COc1cccc(NC(C)C(=O)Nc2cccc(C)c2)c1. The van der Waals surface area contributed by atoms with Crippen molar-refractivity contribution in [2.24, 2.45) is 0 Å². The van der Waals surface area contributed by atoms with Crippen molar-refractivity contribution in [2.45, 2.75) is 19.9 Å². The zero-order valence-electron chi connectivity index (χ0n) is 12.5. The van der Waals surface area contributed by atoms with Gasteiger partial charge >= 0.3 is 0 Å². The molecule has 1 amide bonds. The molecule has 0 heterocycles. The van der Waals surface area contributed by atoms with Crippen LogP contribution in [0.2, 0.25) is 0 Å². The largest absolute Gasteiger partial charge is 0.497 e. The summed E-state index contributed by atoms with van der Waals surface area (Å²) in [6.07, 6.45) is 0. The number of rotatable bonds is 5. The smallest absolute Gasteiger partial charge is 0.246 e. The van der Waals surface area contributed by atoms with Crippen molar-refractivity contribution in [3.8, 4) is 5.75 Å². The zero-order chi connectivity index (χ0) is 15.2. The summed E-state index contributed by atoms with van der Waals surface area (Å²) in [7, 11) is 1.62. The standard InChI is InChI=1S/C17H20N2O2/c1-12-6-4-7-14(10-12)19-17(20)13(2)18-15-8-5-9-16(11-15)21-3/h4-11,13,18H,1-3H3,(H,19,20). The molecular formula is C17H20N2O2. The average molecular weight is 284 g/mol. The Hall–Kier alpha value is -2.49. The molecule has 1 unspecified atom stereocenters. The first-order chi connectivity index (χ1) is 10.1. The lowest BCUT2D eigenvalue weighted by Crippen LogP contribution is -2.31. The van der Waals surface area contributed by atoms with Crippen molar-refractivity contribution in [3.05, 3.63) is 54.1 Å². The number of amides is 1. The lowest BCUT2D eigenvalue weighted by molar-refractivity contribution is -0.116. The maximum absolute atomic E-state index is 12.2. The molecule has 0 radical (unpaired) electrons. The molecule has 4 heteroatoms. The Labute approximate surface area is 125 Å². The molecule has 2 aromatic carbocycles. The maximum Gasteiger partial charge on any atom is 0.246 e. The summed E-state index contributed by atoms with van der Waals surface area (Å²) >= 11 is 0. The number of nitrogens with one attached hydrogen (secondary N) is 2. The van der Waals surface area contributed by atoms with Gasteiger partial charge in [0, 0.05) is 17.4 Å². The van der Waals surface area contributed by atoms with Crippen LogP contribution in [-0.4, -0.2) is 19.1 Å². The summed E-state index contributed by atoms with van der Waals surface area (Å²) in [5.41, 5.74) is 2.77. The van der Waals surface area contributed by atoms with Crippen LogP contribution in [0.25, 0.3) is 0 Å². The molecule has 2 rings (SSSR count). The van der Waals surface area contributed by atoms with E-state index < -0.39 is 0 Å². The van der Waals surface area contributed by atoms with Crippen LogP contribution in [0.1, 0.15) is 12.5 Å². The molecule has 21 heavy (non-hydrogen) atoms. The minimum absolute atomic E-state index is 0.0802. The van der Waals surface area contributed by atoms with Crippen molar-refractivity contribution in [1.82, 2.24) is 0 Å². The molecule has 0 spiro atoms. The molecule has 0 aliphatic carbocycles. The number of anilines is 2. The number of benzene rings is 2. The Morgan fingerprint density at radius 1 is 1.10 bits per heavy atom. The molecule has 2 N–H and O–H groups in total. The van der Waals surface area contributed by atoms with E-state index in [4.69, 9.17) is 4.74 Å². The number of carbonyl (C=O) groups excluding carboxylic acids is 1. The van der Waals surface area contributed by atoms with E-state index in [1.54, 1.807) is 7.11 Å². The molecule has 0 aliphatic heterocycles. The second-order valence-corrected chi connectivity index (χ2v) is 4.96. The Kier molecular flexibility index (Phi) is 4.82. The number of hydrogen-bond acceptors (Lipinski definition) is 3. The first-order valence-electron chi connectivity index (χ1n) is 6.86. The van der Waals surface area contributed by atoms with Crippen molar-refractivity contribution in [2.75, 3.05) is 17.7 Å². The fourth-order valence-electron chi connectivity index (χ4n) is 2.00. The first-order valence-corrected chi connectivity index (χ1v) is 6.86. The molecule has 0 saturated heterocycles. The van der Waals surface area contributed by atoms with Gasteiger partial charge in [0.25, 0.3) is 0 Å². The van der Waals surface area contributed by atoms with Gasteiger partial charge in [0.05, 0.1) is 7.11 Å². The summed E-state index contributed by atoms with van der Waals surface area (Å²) in [6.45, 7) is 3.82. The number of hydrogen-bond donors (Lipinski definition) is 2. The van der Waals surface area contributed by atoms with Crippen LogP contribution < -0.4 is 15.4 Å². The zero-order valence-corrected chi connectivity index (χ0v) is 12.5. The maximum atomic E-state index is 12.2. The van der Waals surface area contributed by atoms with E-state index in [2.05, 4.69) is 10.6 Å². The Bertz CT molecular complexity index is 626. The van der Waals surface area contributed by atoms with E-state index in [-0.39, 0.29) is 11.9 Å². The molecular weight excluding hydrogens is 264 g/mol. The van der Waals surface area contributed by atoms with E-state index in [9.17, 15) is 4.79 Å². The number of aryl methyl sites for hydroxylation is 1. The minimum atomic E-state index is -0.349. The second kappa shape index (κ2) is 6.79. The second-order valence-electron chi connectivity index (χ2n) is 4.96. The Balaban J connectivity index is 1.99. The third-order valence-corrected chi connectivity index (χ3v) is 3.13. The molecule has 4 nitrogen and oxygen atoms in total. The highest BCUT2D eigenvalue weighted by Gasteiger charge is 2.13. The summed E-state index contributed by atoms with van der Waals surface area (Å²) < 4.78 is 5.17. The van der Waals surface area contributed by atoms with Crippen LogP contribution in [0.15, 0.2) is 48.5 Å².